The molecular weight excluding hydrogens is 546 g/mol. The number of ether oxygens (including phenoxy) is 4. The van der Waals surface area contributed by atoms with Gasteiger partial charge in [-0.3, -0.25) is 4.79 Å². The number of carbonyl (C=O) groups is 1. The molecule has 0 saturated heterocycles. The number of halogens is 1. The van der Waals surface area contributed by atoms with Gasteiger partial charge in [-0.1, -0.05) is 37.6 Å². The molecule has 0 spiro atoms. The van der Waals surface area contributed by atoms with Crippen LogP contribution in [0.1, 0.15) is 43.4 Å². The maximum Gasteiger partial charge on any atom is 0.344 e. The highest BCUT2D eigenvalue weighted by atomic mass is 35.5. The van der Waals surface area contributed by atoms with Gasteiger partial charge in [-0.2, -0.15) is 9.78 Å². The summed E-state index contributed by atoms with van der Waals surface area (Å²) in [6.07, 6.45) is 1.43. The van der Waals surface area contributed by atoms with Crippen LogP contribution in [-0.4, -0.2) is 49.3 Å². The van der Waals surface area contributed by atoms with Crippen molar-refractivity contribution in [3.63, 3.8) is 0 Å². The van der Waals surface area contributed by atoms with Crippen molar-refractivity contribution in [2.24, 2.45) is 5.10 Å². The number of methoxy groups -OCH3 is 2. The van der Waals surface area contributed by atoms with Crippen molar-refractivity contribution in [3.8, 4) is 28.6 Å². The van der Waals surface area contributed by atoms with E-state index in [1.165, 1.54) is 18.0 Å². The molecule has 0 bridgehead atoms. The highest BCUT2D eigenvalue weighted by molar-refractivity contribution is 6.31. The third-order valence-corrected chi connectivity index (χ3v) is 6.63. The number of benzene rings is 3. The Labute approximate surface area is 243 Å². The average molecular weight is 578 g/mol. The summed E-state index contributed by atoms with van der Waals surface area (Å²) in [5.74, 6) is 1.25. The van der Waals surface area contributed by atoms with Gasteiger partial charge in [0, 0.05) is 22.2 Å². The molecule has 1 heterocycles. The van der Waals surface area contributed by atoms with Gasteiger partial charge < -0.3 is 18.9 Å². The van der Waals surface area contributed by atoms with Gasteiger partial charge in [0.1, 0.15) is 5.75 Å². The minimum absolute atomic E-state index is 0.159. The van der Waals surface area contributed by atoms with Gasteiger partial charge in [-0.05, 0) is 61.2 Å². The predicted molar refractivity (Wildman–Crippen MR) is 160 cm³/mol. The average Bonchev–Trinajstić information content (AvgIpc) is 2.95. The molecule has 0 amide bonds. The van der Waals surface area contributed by atoms with Gasteiger partial charge in [0.25, 0.3) is 5.56 Å². The third-order valence-electron chi connectivity index (χ3n) is 6.41. The van der Waals surface area contributed by atoms with E-state index in [1.807, 2.05) is 25.1 Å². The molecule has 0 unspecified atom stereocenters. The standard InChI is InChI=1S/C31H32ClN3O6/c1-7-40-28(36)17-41-29-20(13-21(32)14-27(29)39-6)16-33-35-30(34-25-11-9-8-10-22(25)31(35)37)24-15-23(18(2)3)26(38-5)12-19(24)4/h8-16,18H,7,17H2,1-6H3. The third kappa shape index (κ3) is 6.36. The summed E-state index contributed by atoms with van der Waals surface area (Å²) >= 11 is 6.35. The van der Waals surface area contributed by atoms with Crippen LogP contribution in [0.2, 0.25) is 5.02 Å². The number of carbonyl (C=O) groups excluding carboxylic acids is 1. The van der Waals surface area contributed by atoms with Crippen LogP contribution in [0.3, 0.4) is 0 Å². The van der Waals surface area contributed by atoms with Crippen LogP contribution in [0.5, 0.6) is 17.2 Å². The van der Waals surface area contributed by atoms with Crippen LogP contribution in [0.15, 0.2) is 58.4 Å². The Morgan fingerprint density at radius 3 is 2.51 bits per heavy atom. The lowest BCUT2D eigenvalue weighted by Crippen LogP contribution is -2.21. The van der Waals surface area contributed by atoms with Crippen molar-refractivity contribution in [2.75, 3.05) is 27.4 Å². The molecular formula is C31H32ClN3O6. The first kappa shape index (κ1) is 29.6. The maximum atomic E-state index is 13.8. The zero-order chi connectivity index (χ0) is 29.7. The van der Waals surface area contributed by atoms with Gasteiger partial charge >= 0.3 is 5.97 Å². The van der Waals surface area contributed by atoms with E-state index in [4.69, 9.17) is 35.5 Å². The fourth-order valence-electron chi connectivity index (χ4n) is 4.42. The summed E-state index contributed by atoms with van der Waals surface area (Å²) in [4.78, 5) is 30.6. The molecule has 1 aromatic heterocycles. The quantitative estimate of drug-likeness (QED) is 0.168. The zero-order valence-electron chi connectivity index (χ0n) is 23.9. The Bertz CT molecular complexity index is 1680. The minimum atomic E-state index is -0.541. The largest absolute Gasteiger partial charge is 0.496 e. The van der Waals surface area contributed by atoms with E-state index in [0.29, 0.717) is 33.1 Å². The molecule has 4 rings (SSSR count). The van der Waals surface area contributed by atoms with Gasteiger partial charge in [0.2, 0.25) is 0 Å². The fraction of sp³-hybridized carbons (Fsp3) is 0.290. The van der Waals surface area contributed by atoms with E-state index < -0.39 is 5.97 Å². The topological polar surface area (TPSA) is 101 Å². The molecule has 0 aliphatic rings. The molecule has 3 aromatic carbocycles. The van der Waals surface area contributed by atoms with Crippen molar-refractivity contribution in [1.82, 2.24) is 9.66 Å². The normalized spacial score (nSPS) is 11.3. The molecule has 0 radical (unpaired) electrons. The van der Waals surface area contributed by atoms with Crippen LogP contribution in [0, 0.1) is 6.92 Å². The molecule has 0 saturated carbocycles. The fourth-order valence-corrected chi connectivity index (χ4v) is 4.63. The summed E-state index contributed by atoms with van der Waals surface area (Å²) in [6, 6.07) is 14.2. The monoisotopic (exact) mass is 577 g/mol. The maximum absolute atomic E-state index is 13.8. The Hall–Kier alpha value is -4.37. The van der Waals surface area contributed by atoms with Crippen molar-refractivity contribution in [2.45, 2.75) is 33.6 Å². The van der Waals surface area contributed by atoms with Gasteiger partial charge in [-0.15, -0.1) is 0 Å². The molecule has 0 N–H and O–H groups in total. The molecule has 4 aromatic rings. The van der Waals surface area contributed by atoms with Crippen molar-refractivity contribution in [1.29, 1.82) is 0 Å². The molecule has 41 heavy (non-hydrogen) atoms. The number of hydrogen-bond acceptors (Lipinski definition) is 8. The lowest BCUT2D eigenvalue weighted by Gasteiger charge is -2.17. The second kappa shape index (κ2) is 12.9. The van der Waals surface area contributed by atoms with Crippen molar-refractivity contribution < 1.29 is 23.7 Å². The number of rotatable bonds is 10. The molecule has 9 nitrogen and oxygen atoms in total. The van der Waals surface area contributed by atoms with Crippen LogP contribution >= 0.6 is 11.6 Å². The van der Waals surface area contributed by atoms with E-state index in [9.17, 15) is 9.59 Å². The first-order valence-electron chi connectivity index (χ1n) is 13.1. The van der Waals surface area contributed by atoms with Gasteiger partial charge in [-0.25, -0.2) is 9.78 Å². The second-order valence-corrected chi connectivity index (χ2v) is 9.93. The SMILES string of the molecule is CCOC(=O)COc1c(C=Nn2c(-c3cc(C(C)C)c(OC)cc3C)nc3ccccc3c2=O)cc(Cl)cc1OC. The van der Waals surface area contributed by atoms with E-state index in [1.54, 1.807) is 44.4 Å². The summed E-state index contributed by atoms with van der Waals surface area (Å²) in [5.41, 5.74) is 3.14. The molecule has 0 atom stereocenters. The Morgan fingerprint density at radius 1 is 1.10 bits per heavy atom. The predicted octanol–water partition coefficient (Wildman–Crippen LogP) is 5.99. The number of nitrogens with zero attached hydrogens (tertiary/aromatic N) is 3. The minimum Gasteiger partial charge on any atom is -0.496 e. The number of hydrogen-bond donors (Lipinski definition) is 0. The number of esters is 1. The Balaban J connectivity index is 1.93. The summed E-state index contributed by atoms with van der Waals surface area (Å²) in [5, 5.41) is 5.34. The Kier molecular flexibility index (Phi) is 9.29. The summed E-state index contributed by atoms with van der Waals surface area (Å²) in [7, 11) is 3.09. The Morgan fingerprint density at radius 2 is 1.83 bits per heavy atom. The van der Waals surface area contributed by atoms with E-state index in [2.05, 4.69) is 18.9 Å². The zero-order valence-corrected chi connectivity index (χ0v) is 24.6. The van der Waals surface area contributed by atoms with Crippen LogP contribution in [0.4, 0.5) is 0 Å². The van der Waals surface area contributed by atoms with E-state index in [-0.39, 0.29) is 30.4 Å². The van der Waals surface area contributed by atoms with Crippen molar-refractivity contribution >= 4 is 34.7 Å². The second-order valence-electron chi connectivity index (χ2n) is 9.50. The molecule has 0 aliphatic heterocycles. The van der Waals surface area contributed by atoms with E-state index in [0.717, 1.165) is 22.4 Å². The molecule has 10 heteroatoms. The first-order chi connectivity index (χ1) is 19.7. The van der Waals surface area contributed by atoms with Gasteiger partial charge in [0.15, 0.2) is 23.9 Å². The van der Waals surface area contributed by atoms with E-state index >= 15 is 0 Å². The molecule has 214 valence electrons. The molecule has 0 fully saturated rings. The molecule has 0 aliphatic carbocycles. The van der Waals surface area contributed by atoms with Crippen LogP contribution in [-0.2, 0) is 9.53 Å². The number of fused-ring (bicyclic) bond motifs is 1. The first-order valence-corrected chi connectivity index (χ1v) is 13.5. The summed E-state index contributed by atoms with van der Waals surface area (Å²) in [6.45, 7) is 7.65. The lowest BCUT2D eigenvalue weighted by molar-refractivity contribution is -0.145. The highest BCUT2D eigenvalue weighted by Gasteiger charge is 2.19. The number of aryl methyl sites for hydroxylation is 1. The van der Waals surface area contributed by atoms with Crippen LogP contribution in [0.25, 0.3) is 22.3 Å². The lowest BCUT2D eigenvalue weighted by atomic mass is 9.96. The summed E-state index contributed by atoms with van der Waals surface area (Å²) < 4.78 is 23.0. The van der Waals surface area contributed by atoms with Crippen LogP contribution < -0.4 is 19.8 Å². The number of para-hydroxylation sites is 1. The smallest absolute Gasteiger partial charge is 0.344 e. The highest BCUT2D eigenvalue weighted by Crippen LogP contribution is 2.35. The van der Waals surface area contributed by atoms with Crippen molar-refractivity contribution in [3.05, 3.63) is 80.6 Å². The van der Waals surface area contributed by atoms with Gasteiger partial charge in [0.05, 0.1) is 37.9 Å². The number of aromatic nitrogens is 2.